The van der Waals surface area contributed by atoms with E-state index >= 15 is 0 Å². The number of benzene rings is 3. The second-order valence-electron chi connectivity index (χ2n) is 10.5. The van der Waals surface area contributed by atoms with E-state index in [1.165, 1.54) is 4.90 Å². The van der Waals surface area contributed by atoms with Gasteiger partial charge in [0, 0.05) is 44.2 Å². The molecule has 1 amide bonds. The molecule has 5 aromatic rings. The van der Waals surface area contributed by atoms with Gasteiger partial charge in [-0.15, -0.1) is 0 Å². The van der Waals surface area contributed by atoms with Crippen molar-refractivity contribution in [3.05, 3.63) is 102 Å². The number of rotatable bonds is 8. The summed E-state index contributed by atoms with van der Waals surface area (Å²) in [5, 5.41) is 15.4. The lowest BCUT2D eigenvalue weighted by molar-refractivity contribution is 0.123. The number of ether oxygens (including phenoxy) is 2. The van der Waals surface area contributed by atoms with Gasteiger partial charge in [-0.2, -0.15) is 10.1 Å². The van der Waals surface area contributed by atoms with Gasteiger partial charge in [0.15, 0.2) is 0 Å². The first-order chi connectivity index (χ1) is 20.5. The first kappa shape index (κ1) is 27.1. The molecule has 0 radical (unpaired) electrons. The number of aromatic nitrogens is 3. The Labute approximate surface area is 244 Å². The maximum atomic E-state index is 11.6. The molecule has 1 aliphatic heterocycles. The molecule has 1 unspecified atom stereocenters. The van der Waals surface area contributed by atoms with Crippen LogP contribution in [0.1, 0.15) is 18.1 Å². The quantitative estimate of drug-likeness (QED) is 0.248. The Hall–Kier alpha value is -5.05. The minimum absolute atomic E-state index is 0.121. The van der Waals surface area contributed by atoms with E-state index in [1.54, 1.807) is 0 Å². The van der Waals surface area contributed by atoms with Crippen LogP contribution < -0.4 is 14.4 Å². The van der Waals surface area contributed by atoms with E-state index in [2.05, 4.69) is 17.0 Å². The third-order valence-electron chi connectivity index (χ3n) is 7.60. The lowest BCUT2D eigenvalue weighted by Crippen LogP contribution is -2.53. The van der Waals surface area contributed by atoms with Crippen molar-refractivity contribution in [2.75, 3.05) is 24.5 Å². The van der Waals surface area contributed by atoms with Crippen LogP contribution in [0.2, 0.25) is 0 Å². The molecule has 6 rings (SSSR count). The van der Waals surface area contributed by atoms with Crippen LogP contribution in [0.5, 0.6) is 11.8 Å². The van der Waals surface area contributed by atoms with Crippen LogP contribution in [0.4, 0.5) is 10.5 Å². The molecule has 3 aromatic carbocycles. The summed E-state index contributed by atoms with van der Waals surface area (Å²) in [6.07, 6.45) is -0.880. The molecule has 1 N–H and O–H groups in total. The maximum absolute atomic E-state index is 11.6. The number of hydrogen-bond donors (Lipinski definition) is 1. The average Bonchev–Trinajstić information content (AvgIpc) is 3.36. The summed E-state index contributed by atoms with van der Waals surface area (Å²) in [4.78, 5) is 20.1. The number of para-hydroxylation sites is 1. The van der Waals surface area contributed by atoms with Crippen molar-refractivity contribution >= 4 is 22.7 Å². The minimum atomic E-state index is -0.880. The van der Waals surface area contributed by atoms with Gasteiger partial charge in [0.05, 0.1) is 16.8 Å². The van der Waals surface area contributed by atoms with Crippen molar-refractivity contribution < 1.29 is 19.4 Å². The zero-order valence-electron chi connectivity index (χ0n) is 23.7. The summed E-state index contributed by atoms with van der Waals surface area (Å²) >= 11 is 0. The molecule has 9 nitrogen and oxygen atoms in total. The summed E-state index contributed by atoms with van der Waals surface area (Å²) in [5.41, 5.74) is 5.61. The molecular weight excluding hydrogens is 530 g/mol. The topological polar surface area (TPSA) is 93.0 Å². The van der Waals surface area contributed by atoms with Crippen LogP contribution in [-0.4, -0.2) is 56.5 Å². The van der Waals surface area contributed by atoms with Crippen molar-refractivity contribution in [2.45, 2.75) is 26.2 Å². The van der Waals surface area contributed by atoms with Crippen molar-refractivity contribution in [2.24, 2.45) is 7.05 Å². The Kier molecular flexibility index (Phi) is 7.64. The van der Waals surface area contributed by atoms with Gasteiger partial charge >= 0.3 is 6.09 Å². The van der Waals surface area contributed by atoms with E-state index in [1.807, 2.05) is 97.5 Å². The zero-order valence-corrected chi connectivity index (χ0v) is 23.7. The summed E-state index contributed by atoms with van der Waals surface area (Å²) in [6, 6.07) is 29.8. The fraction of sp³-hybridized carbons (Fsp3) is 0.242. The van der Waals surface area contributed by atoms with Crippen LogP contribution >= 0.6 is 0 Å². The summed E-state index contributed by atoms with van der Waals surface area (Å²) < 4.78 is 14.2. The molecule has 1 aliphatic rings. The van der Waals surface area contributed by atoms with Gasteiger partial charge in [0.2, 0.25) is 11.8 Å². The highest BCUT2D eigenvalue weighted by Gasteiger charge is 2.29. The Morgan fingerprint density at radius 3 is 2.24 bits per heavy atom. The number of anilines is 1. The number of pyridine rings is 1. The first-order valence-corrected chi connectivity index (χ1v) is 14.0. The molecule has 1 atom stereocenters. The maximum Gasteiger partial charge on any atom is 0.407 e. The molecule has 0 saturated carbocycles. The highest BCUT2D eigenvalue weighted by Crippen LogP contribution is 2.38. The molecule has 0 spiro atoms. The molecular formula is C33H33N5O4. The largest absolute Gasteiger partial charge is 0.473 e. The van der Waals surface area contributed by atoms with Gasteiger partial charge in [-0.3, -0.25) is 4.68 Å². The van der Waals surface area contributed by atoms with Gasteiger partial charge in [-0.1, -0.05) is 72.8 Å². The fourth-order valence-electron chi connectivity index (χ4n) is 5.48. The van der Waals surface area contributed by atoms with Gasteiger partial charge in [-0.05, 0) is 30.2 Å². The zero-order chi connectivity index (χ0) is 29.1. The molecule has 214 valence electrons. The number of hydrogen-bond acceptors (Lipinski definition) is 6. The number of carbonyl (C=O) groups is 1. The number of carboxylic acid groups (broad SMARTS) is 1. The lowest BCUT2D eigenvalue weighted by Gasteiger charge is -2.39. The normalized spacial score (nSPS) is 15.1. The van der Waals surface area contributed by atoms with Crippen LogP contribution in [0, 0.1) is 0 Å². The predicted molar refractivity (Wildman–Crippen MR) is 162 cm³/mol. The molecule has 1 fully saturated rings. The number of fused-ring (bicyclic) bond motifs is 1. The predicted octanol–water partition coefficient (Wildman–Crippen LogP) is 5.98. The van der Waals surface area contributed by atoms with Crippen LogP contribution in [0.3, 0.4) is 0 Å². The Bertz CT molecular complexity index is 1690. The fourth-order valence-corrected chi connectivity index (χ4v) is 5.48. The molecule has 1 saturated heterocycles. The SMILES string of the molecule is CC1CN(c2cccc3c(-c4ccc(OCc5ccccc5)nc4OCc4ccccc4)nn(C)c23)CCN1C(=O)O. The monoisotopic (exact) mass is 563 g/mol. The highest BCUT2D eigenvalue weighted by molar-refractivity contribution is 6.01. The van der Waals surface area contributed by atoms with E-state index in [0.717, 1.165) is 39.0 Å². The van der Waals surface area contributed by atoms with E-state index in [-0.39, 0.29) is 6.04 Å². The van der Waals surface area contributed by atoms with Gasteiger partial charge < -0.3 is 24.4 Å². The van der Waals surface area contributed by atoms with E-state index < -0.39 is 6.09 Å². The van der Waals surface area contributed by atoms with Gasteiger partial charge in [-0.25, -0.2) is 4.79 Å². The van der Waals surface area contributed by atoms with Crippen molar-refractivity contribution in [3.63, 3.8) is 0 Å². The van der Waals surface area contributed by atoms with Gasteiger partial charge in [0.25, 0.3) is 0 Å². The molecule has 0 bridgehead atoms. The van der Waals surface area contributed by atoms with Crippen molar-refractivity contribution in [1.82, 2.24) is 19.7 Å². The summed E-state index contributed by atoms with van der Waals surface area (Å²) in [5.74, 6) is 0.912. The molecule has 9 heteroatoms. The van der Waals surface area contributed by atoms with E-state index in [0.29, 0.717) is 44.6 Å². The molecule has 3 heterocycles. The number of piperazine rings is 1. The molecule has 2 aromatic heterocycles. The second-order valence-corrected chi connectivity index (χ2v) is 10.5. The van der Waals surface area contributed by atoms with E-state index in [9.17, 15) is 9.90 Å². The number of nitrogens with zero attached hydrogens (tertiary/aromatic N) is 5. The number of aryl methyl sites for hydroxylation is 1. The summed E-state index contributed by atoms with van der Waals surface area (Å²) in [7, 11) is 1.93. The van der Waals surface area contributed by atoms with Crippen LogP contribution in [-0.2, 0) is 20.3 Å². The smallest absolute Gasteiger partial charge is 0.407 e. The second kappa shape index (κ2) is 11.8. The Morgan fingerprint density at radius 1 is 0.881 bits per heavy atom. The third-order valence-corrected chi connectivity index (χ3v) is 7.60. The van der Waals surface area contributed by atoms with Gasteiger partial charge in [0.1, 0.15) is 18.9 Å². The summed E-state index contributed by atoms with van der Waals surface area (Å²) in [6.45, 7) is 4.35. The third kappa shape index (κ3) is 5.58. The standard InChI is InChI=1S/C33H33N5O4/c1-23-20-37(18-19-38(23)33(39)40)28-15-9-14-26-30(35-36(2)31(26)28)27-16-17-29(41-21-24-10-5-3-6-11-24)34-32(27)42-22-25-12-7-4-8-13-25/h3-17,23H,18-22H2,1-2H3,(H,39,40). The molecule has 42 heavy (non-hydrogen) atoms. The van der Waals surface area contributed by atoms with Crippen LogP contribution in [0.25, 0.3) is 22.2 Å². The highest BCUT2D eigenvalue weighted by atomic mass is 16.5. The van der Waals surface area contributed by atoms with Crippen LogP contribution in [0.15, 0.2) is 91.0 Å². The Morgan fingerprint density at radius 2 is 1.57 bits per heavy atom. The molecule has 0 aliphatic carbocycles. The van der Waals surface area contributed by atoms with Crippen molar-refractivity contribution in [1.29, 1.82) is 0 Å². The van der Waals surface area contributed by atoms with Crippen molar-refractivity contribution in [3.8, 4) is 23.0 Å². The number of amides is 1. The Balaban J connectivity index is 1.35. The first-order valence-electron chi connectivity index (χ1n) is 14.0. The average molecular weight is 564 g/mol. The van der Waals surface area contributed by atoms with E-state index in [4.69, 9.17) is 19.6 Å². The minimum Gasteiger partial charge on any atom is -0.473 e. The lowest BCUT2D eigenvalue weighted by atomic mass is 10.1.